The highest BCUT2D eigenvalue weighted by atomic mass is 35.5. The van der Waals surface area contributed by atoms with E-state index in [4.69, 9.17) is 22.6 Å². The summed E-state index contributed by atoms with van der Waals surface area (Å²) < 4.78 is 0. The van der Waals surface area contributed by atoms with Crippen LogP contribution >= 0.6 is 11.6 Å². The van der Waals surface area contributed by atoms with Crippen molar-refractivity contribution in [3.05, 3.63) is 41.2 Å². The predicted molar refractivity (Wildman–Crippen MR) is 70.7 cm³/mol. The lowest BCUT2D eigenvalue weighted by atomic mass is 10.2. The first-order valence-corrected chi connectivity index (χ1v) is 5.51. The first-order chi connectivity index (χ1) is 8.65. The average molecular weight is 260 g/mol. The van der Waals surface area contributed by atoms with Gasteiger partial charge in [-0.3, -0.25) is 0 Å². The second-order valence-electron chi connectivity index (χ2n) is 3.58. The lowest BCUT2D eigenvalue weighted by Crippen LogP contribution is -2.14. The summed E-state index contributed by atoms with van der Waals surface area (Å²) in [5.41, 5.74) is 6.88. The number of nitrogens with two attached hydrogens (primary N) is 1. The molecule has 1 heterocycles. The fourth-order valence-corrected chi connectivity index (χ4v) is 1.81. The fraction of sp³-hybridized carbons (Fsp3) is 0.0833. The predicted octanol–water partition coefficient (Wildman–Crippen LogP) is 2.35. The summed E-state index contributed by atoms with van der Waals surface area (Å²) in [6, 6.07) is 9.30. The van der Waals surface area contributed by atoms with E-state index in [0.29, 0.717) is 17.1 Å². The molecule has 2 rings (SSSR count). The fourth-order valence-electron chi connectivity index (χ4n) is 1.58. The molecule has 0 saturated carbocycles. The molecule has 0 aliphatic heterocycles. The zero-order chi connectivity index (χ0) is 13.1. The maximum Gasteiger partial charge on any atom is 0.157 e. The number of aromatic nitrogens is 2. The number of nitrogens with zero attached hydrogens (tertiary/aromatic N) is 4. The van der Waals surface area contributed by atoms with E-state index in [0.717, 1.165) is 0 Å². The molecule has 0 spiro atoms. The highest BCUT2D eigenvalue weighted by molar-refractivity contribution is 6.35. The quantitative estimate of drug-likeness (QED) is 0.896. The van der Waals surface area contributed by atoms with Crippen molar-refractivity contribution in [3.8, 4) is 6.07 Å². The van der Waals surface area contributed by atoms with Crippen LogP contribution in [0.25, 0.3) is 0 Å². The Balaban J connectivity index is 2.52. The standard InChI is InChI=1S/C12H10ClN5/c1-18(9-5-3-2-4-8(9)6-14)12-10(13)11(15)16-7-17-12/h2-5,7H,1H3,(H2,15,16,17). The second kappa shape index (κ2) is 4.90. The van der Waals surface area contributed by atoms with Crippen LogP contribution in [0.1, 0.15) is 5.56 Å². The minimum absolute atomic E-state index is 0.211. The van der Waals surface area contributed by atoms with Gasteiger partial charge in [-0.1, -0.05) is 23.7 Å². The van der Waals surface area contributed by atoms with Crippen LogP contribution in [-0.2, 0) is 0 Å². The molecule has 0 atom stereocenters. The number of anilines is 3. The maximum atomic E-state index is 9.07. The summed E-state index contributed by atoms with van der Waals surface area (Å²) >= 11 is 6.06. The number of hydrogen-bond acceptors (Lipinski definition) is 5. The Morgan fingerprint density at radius 3 is 2.78 bits per heavy atom. The third-order valence-corrected chi connectivity index (χ3v) is 2.86. The van der Waals surface area contributed by atoms with Crippen LogP contribution in [0.5, 0.6) is 0 Å². The minimum Gasteiger partial charge on any atom is -0.382 e. The van der Waals surface area contributed by atoms with Gasteiger partial charge in [0, 0.05) is 7.05 Å². The number of halogens is 1. The topological polar surface area (TPSA) is 78.8 Å². The molecular weight excluding hydrogens is 250 g/mol. The SMILES string of the molecule is CN(c1ccccc1C#N)c1ncnc(N)c1Cl. The Kier molecular flexibility index (Phi) is 3.31. The Bertz CT molecular complexity index is 620. The van der Waals surface area contributed by atoms with Crippen molar-refractivity contribution in [2.24, 2.45) is 0 Å². The van der Waals surface area contributed by atoms with Gasteiger partial charge in [-0.2, -0.15) is 5.26 Å². The summed E-state index contributed by atoms with van der Waals surface area (Å²) in [7, 11) is 1.77. The van der Waals surface area contributed by atoms with Crippen molar-refractivity contribution in [2.75, 3.05) is 17.7 Å². The van der Waals surface area contributed by atoms with Gasteiger partial charge < -0.3 is 10.6 Å². The van der Waals surface area contributed by atoms with E-state index in [9.17, 15) is 0 Å². The molecule has 0 unspecified atom stereocenters. The van der Waals surface area contributed by atoms with Gasteiger partial charge in [-0.05, 0) is 12.1 Å². The number of nitrogen functional groups attached to an aromatic ring is 1. The van der Waals surface area contributed by atoms with Gasteiger partial charge in [0.15, 0.2) is 5.82 Å². The monoisotopic (exact) mass is 259 g/mol. The first-order valence-electron chi connectivity index (χ1n) is 5.14. The summed E-state index contributed by atoms with van der Waals surface area (Å²) in [4.78, 5) is 9.59. The van der Waals surface area contributed by atoms with Gasteiger partial charge in [0.2, 0.25) is 0 Å². The Hall–Kier alpha value is -2.32. The second-order valence-corrected chi connectivity index (χ2v) is 3.96. The van der Waals surface area contributed by atoms with E-state index in [1.807, 2.05) is 12.1 Å². The van der Waals surface area contributed by atoms with Crippen LogP contribution in [-0.4, -0.2) is 17.0 Å². The van der Waals surface area contributed by atoms with E-state index in [1.165, 1.54) is 6.33 Å². The van der Waals surface area contributed by atoms with Crippen molar-refractivity contribution in [3.63, 3.8) is 0 Å². The van der Waals surface area contributed by atoms with E-state index in [1.54, 1.807) is 24.1 Å². The van der Waals surface area contributed by atoms with Crippen molar-refractivity contribution in [2.45, 2.75) is 0 Å². The van der Waals surface area contributed by atoms with Gasteiger partial charge >= 0.3 is 0 Å². The number of benzene rings is 1. The first kappa shape index (κ1) is 12.1. The molecule has 2 N–H and O–H groups in total. The Morgan fingerprint density at radius 1 is 1.33 bits per heavy atom. The summed E-state index contributed by atoms with van der Waals surface area (Å²) in [6.45, 7) is 0. The molecular formula is C12H10ClN5. The average Bonchev–Trinajstić information content (AvgIpc) is 2.41. The zero-order valence-electron chi connectivity index (χ0n) is 9.63. The largest absolute Gasteiger partial charge is 0.382 e. The molecule has 90 valence electrons. The number of rotatable bonds is 2. The smallest absolute Gasteiger partial charge is 0.157 e. The molecule has 0 fully saturated rings. The van der Waals surface area contributed by atoms with Crippen LogP contribution in [0.15, 0.2) is 30.6 Å². The normalized spacial score (nSPS) is 9.83. The third-order valence-electron chi connectivity index (χ3n) is 2.50. The lowest BCUT2D eigenvalue weighted by Gasteiger charge is -2.20. The molecule has 0 radical (unpaired) electrons. The van der Waals surface area contributed by atoms with E-state index >= 15 is 0 Å². The molecule has 5 nitrogen and oxygen atoms in total. The number of hydrogen-bond donors (Lipinski definition) is 1. The van der Waals surface area contributed by atoms with Gasteiger partial charge in [-0.25, -0.2) is 9.97 Å². The Labute approximate surface area is 109 Å². The van der Waals surface area contributed by atoms with Crippen molar-refractivity contribution >= 4 is 28.9 Å². The number of para-hydroxylation sites is 1. The highest BCUT2D eigenvalue weighted by Crippen LogP contribution is 2.32. The summed E-state index contributed by atoms with van der Waals surface area (Å²) in [5.74, 6) is 0.676. The van der Waals surface area contributed by atoms with Crippen LogP contribution in [0, 0.1) is 11.3 Å². The van der Waals surface area contributed by atoms with Crippen LogP contribution < -0.4 is 10.6 Å². The van der Waals surface area contributed by atoms with Crippen molar-refractivity contribution in [1.29, 1.82) is 5.26 Å². The molecule has 6 heteroatoms. The third kappa shape index (κ3) is 2.06. The van der Waals surface area contributed by atoms with Crippen molar-refractivity contribution in [1.82, 2.24) is 9.97 Å². The van der Waals surface area contributed by atoms with Crippen LogP contribution in [0.4, 0.5) is 17.3 Å². The molecule has 0 bridgehead atoms. The molecule has 1 aromatic heterocycles. The van der Waals surface area contributed by atoms with E-state index in [2.05, 4.69) is 16.0 Å². The molecule has 0 aliphatic rings. The summed E-state index contributed by atoms with van der Waals surface area (Å²) in [5, 5.41) is 9.34. The molecule has 1 aromatic carbocycles. The summed E-state index contributed by atoms with van der Waals surface area (Å²) in [6.07, 6.45) is 1.34. The zero-order valence-corrected chi connectivity index (χ0v) is 10.4. The van der Waals surface area contributed by atoms with E-state index < -0.39 is 0 Å². The van der Waals surface area contributed by atoms with Crippen LogP contribution in [0.3, 0.4) is 0 Å². The van der Waals surface area contributed by atoms with Crippen LogP contribution in [0.2, 0.25) is 5.02 Å². The van der Waals surface area contributed by atoms with Gasteiger partial charge in [0.1, 0.15) is 23.2 Å². The molecule has 0 saturated heterocycles. The highest BCUT2D eigenvalue weighted by Gasteiger charge is 2.15. The minimum atomic E-state index is 0.211. The Morgan fingerprint density at radius 2 is 2.06 bits per heavy atom. The number of nitriles is 1. The molecule has 0 amide bonds. The van der Waals surface area contributed by atoms with Crippen molar-refractivity contribution < 1.29 is 0 Å². The molecule has 18 heavy (non-hydrogen) atoms. The lowest BCUT2D eigenvalue weighted by molar-refractivity contribution is 1.08. The van der Waals surface area contributed by atoms with Gasteiger partial charge in [0.05, 0.1) is 11.3 Å². The molecule has 0 aliphatic carbocycles. The van der Waals surface area contributed by atoms with Gasteiger partial charge in [-0.15, -0.1) is 0 Å². The van der Waals surface area contributed by atoms with E-state index in [-0.39, 0.29) is 10.8 Å². The van der Waals surface area contributed by atoms with Gasteiger partial charge in [0.25, 0.3) is 0 Å². The maximum absolute atomic E-state index is 9.07. The molecule has 2 aromatic rings.